The molecule has 0 amide bonds. The molecule has 0 radical (unpaired) electrons. The number of rotatable bonds is 6. The minimum Gasteiger partial charge on any atom is -0.389 e. The Kier molecular flexibility index (Phi) is 5.25. The maximum atomic E-state index is 12.4. The second kappa shape index (κ2) is 6.17. The molecule has 0 aliphatic carbocycles. The van der Waals surface area contributed by atoms with Crippen molar-refractivity contribution in [3.63, 3.8) is 0 Å². The average molecular weight is 336 g/mol. The fourth-order valence-electron chi connectivity index (χ4n) is 1.48. The third kappa shape index (κ3) is 4.23. The number of sulfone groups is 1. The van der Waals surface area contributed by atoms with Gasteiger partial charge in [0, 0.05) is 25.4 Å². The van der Waals surface area contributed by atoms with E-state index in [0.717, 1.165) is 10.6 Å². The van der Waals surface area contributed by atoms with E-state index in [-0.39, 0.29) is 27.7 Å². The Bertz CT molecular complexity index is 711. The molecule has 0 saturated carbocycles. The summed E-state index contributed by atoms with van der Waals surface area (Å²) in [6.07, 6.45) is 1.05. The van der Waals surface area contributed by atoms with Crippen molar-refractivity contribution < 1.29 is 16.8 Å². The molecule has 0 saturated heterocycles. The van der Waals surface area contributed by atoms with Crippen molar-refractivity contribution in [2.24, 2.45) is 5.73 Å². The lowest BCUT2D eigenvalue weighted by molar-refractivity contribution is 0.484. The molecule has 0 aromatic heterocycles. The molecule has 9 heteroatoms. The van der Waals surface area contributed by atoms with Gasteiger partial charge in [-0.05, 0) is 6.07 Å². The molecule has 1 rings (SSSR count). The zero-order valence-electron chi connectivity index (χ0n) is 11.1. The zero-order chi connectivity index (χ0) is 15.6. The molecule has 0 fully saturated rings. The van der Waals surface area contributed by atoms with Crippen LogP contribution in [0.2, 0.25) is 0 Å². The van der Waals surface area contributed by atoms with Crippen LogP contribution >= 0.6 is 12.2 Å². The molecule has 1 aromatic carbocycles. The Morgan fingerprint density at radius 1 is 1.25 bits per heavy atom. The van der Waals surface area contributed by atoms with Crippen LogP contribution in [0.3, 0.4) is 0 Å². The SMILES string of the molecule is CN(CCS(C)(=O)=O)S(=O)(=O)c1ccccc1C(N)=S. The van der Waals surface area contributed by atoms with Gasteiger partial charge in [0.1, 0.15) is 14.8 Å². The molecule has 1 aromatic rings. The van der Waals surface area contributed by atoms with Crippen LogP contribution in [-0.2, 0) is 19.9 Å². The second-order valence-corrected chi connectivity index (χ2v) is 9.03. The molecule has 0 spiro atoms. The van der Waals surface area contributed by atoms with Crippen molar-refractivity contribution >= 4 is 37.1 Å². The third-order valence-electron chi connectivity index (χ3n) is 2.62. The van der Waals surface area contributed by atoms with Gasteiger partial charge in [0.25, 0.3) is 0 Å². The fourth-order valence-corrected chi connectivity index (χ4v) is 3.82. The quantitative estimate of drug-likeness (QED) is 0.734. The lowest BCUT2D eigenvalue weighted by Gasteiger charge is -2.18. The van der Waals surface area contributed by atoms with Gasteiger partial charge in [0.05, 0.1) is 10.6 Å². The summed E-state index contributed by atoms with van der Waals surface area (Å²) >= 11 is 4.83. The van der Waals surface area contributed by atoms with Crippen molar-refractivity contribution in [1.82, 2.24) is 4.31 Å². The summed E-state index contributed by atoms with van der Waals surface area (Å²) in [5.41, 5.74) is 5.75. The van der Waals surface area contributed by atoms with Crippen LogP contribution in [0.4, 0.5) is 0 Å². The van der Waals surface area contributed by atoms with Gasteiger partial charge in [-0.15, -0.1) is 0 Å². The van der Waals surface area contributed by atoms with Crippen LogP contribution in [-0.4, -0.2) is 51.7 Å². The normalized spacial score (nSPS) is 12.6. The molecule has 6 nitrogen and oxygen atoms in total. The highest BCUT2D eigenvalue weighted by molar-refractivity contribution is 7.91. The summed E-state index contributed by atoms with van der Waals surface area (Å²) < 4.78 is 48.0. The number of nitrogens with two attached hydrogens (primary N) is 1. The number of hydrogen-bond donors (Lipinski definition) is 1. The monoisotopic (exact) mass is 336 g/mol. The van der Waals surface area contributed by atoms with E-state index in [0.29, 0.717) is 0 Å². The van der Waals surface area contributed by atoms with Crippen molar-refractivity contribution in [3.05, 3.63) is 29.8 Å². The third-order valence-corrected chi connectivity index (χ3v) is 5.68. The first-order valence-corrected chi connectivity index (χ1v) is 9.49. The van der Waals surface area contributed by atoms with Crippen LogP contribution in [0.25, 0.3) is 0 Å². The molecule has 0 aliphatic heterocycles. The van der Waals surface area contributed by atoms with E-state index in [2.05, 4.69) is 0 Å². The van der Waals surface area contributed by atoms with Crippen molar-refractivity contribution in [1.29, 1.82) is 0 Å². The lowest BCUT2D eigenvalue weighted by atomic mass is 10.2. The largest absolute Gasteiger partial charge is 0.389 e. The summed E-state index contributed by atoms with van der Waals surface area (Å²) in [4.78, 5) is -0.0517. The van der Waals surface area contributed by atoms with Gasteiger partial charge in [0.2, 0.25) is 10.0 Å². The van der Waals surface area contributed by atoms with Gasteiger partial charge < -0.3 is 5.73 Å². The molecule has 0 unspecified atom stereocenters. The summed E-state index contributed by atoms with van der Waals surface area (Å²) in [6, 6.07) is 6.09. The van der Waals surface area contributed by atoms with E-state index in [9.17, 15) is 16.8 Å². The Morgan fingerprint density at radius 3 is 2.30 bits per heavy atom. The van der Waals surface area contributed by atoms with Gasteiger partial charge in [-0.3, -0.25) is 0 Å². The summed E-state index contributed by atoms with van der Waals surface area (Å²) in [5, 5.41) is 0. The van der Waals surface area contributed by atoms with Gasteiger partial charge in [-0.25, -0.2) is 16.8 Å². The summed E-state index contributed by atoms with van der Waals surface area (Å²) in [6.45, 7) is -0.132. The number of benzene rings is 1. The topological polar surface area (TPSA) is 97.5 Å². The standard InChI is InChI=1S/C11H16N2O4S3/c1-13(7-8-19(2,14)15)20(16,17)10-6-4-3-5-9(10)11(12)18/h3-6H,7-8H2,1-2H3,(H2,12,18). The number of thiocarbonyl (C=S) groups is 1. The highest BCUT2D eigenvalue weighted by Gasteiger charge is 2.25. The first-order valence-electron chi connectivity index (χ1n) is 5.58. The van der Waals surface area contributed by atoms with Crippen LogP contribution in [0.1, 0.15) is 5.56 Å². The van der Waals surface area contributed by atoms with Crippen molar-refractivity contribution in [3.8, 4) is 0 Å². The highest BCUT2D eigenvalue weighted by atomic mass is 32.2. The Labute approximate surface area is 124 Å². The molecule has 0 bridgehead atoms. The minimum atomic E-state index is -3.84. The van der Waals surface area contributed by atoms with Gasteiger partial charge >= 0.3 is 0 Å². The van der Waals surface area contributed by atoms with Gasteiger partial charge in [-0.2, -0.15) is 4.31 Å². The molecule has 20 heavy (non-hydrogen) atoms. The van der Waals surface area contributed by atoms with Crippen LogP contribution in [0.5, 0.6) is 0 Å². The molecular formula is C11H16N2O4S3. The van der Waals surface area contributed by atoms with E-state index in [1.165, 1.54) is 19.2 Å². The van der Waals surface area contributed by atoms with Gasteiger partial charge in [-0.1, -0.05) is 30.4 Å². The van der Waals surface area contributed by atoms with Crippen LogP contribution < -0.4 is 5.73 Å². The van der Waals surface area contributed by atoms with E-state index in [1.807, 2.05) is 0 Å². The number of sulfonamides is 1. The van der Waals surface area contributed by atoms with Crippen LogP contribution in [0, 0.1) is 0 Å². The first-order chi connectivity index (χ1) is 9.05. The van der Waals surface area contributed by atoms with E-state index in [4.69, 9.17) is 18.0 Å². The molecule has 2 N–H and O–H groups in total. The predicted octanol–water partition coefficient (Wildman–Crippen LogP) is -0.0141. The molecule has 112 valence electrons. The summed E-state index contributed by atoms with van der Waals surface area (Å²) in [7, 11) is -5.76. The number of nitrogens with zero attached hydrogens (tertiary/aromatic N) is 1. The fraction of sp³-hybridized carbons (Fsp3) is 0.364. The second-order valence-electron chi connectivity index (χ2n) is 4.32. The van der Waals surface area contributed by atoms with E-state index in [1.54, 1.807) is 12.1 Å². The average Bonchev–Trinajstić information content (AvgIpc) is 2.34. The zero-order valence-corrected chi connectivity index (χ0v) is 13.6. The van der Waals surface area contributed by atoms with Crippen LogP contribution in [0.15, 0.2) is 29.2 Å². The highest BCUT2D eigenvalue weighted by Crippen LogP contribution is 2.19. The molecule has 0 heterocycles. The van der Waals surface area contributed by atoms with E-state index >= 15 is 0 Å². The first kappa shape index (κ1) is 17.0. The Hall–Kier alpha value is -1.03. The maximum Gasteiger partial charge on any atom is 0.243 e. The smallest absolute Gasteiger partial charge is 0.243 e. The molecular weight excluding hydrogens is 320 g/mol. The lowest BCUT2D eigenvalue weighted by Crippen LogP contribution is -2.32. The Balaban J connectivity index is 3.14. The van der Waals surface area contributed by atoms with E-state index < -0.39 is 19.9 Å². The van der Waals surface area contributed by atoms with Crippen molar-refractivity contribution in [2.45, 2.75) is 4.90 Å². The number of hydrogen-bond acceptors (Lipinski definition) is 5. The predicted molar refractivity (Wildman–Crippen MR) is 81.9 cm³/mol. The Morgan fingerprint density at radius 2 is 1.80 bits per heavy atom. The van der Waals surface area contributed by atoms with Gasteiger partial charge in [0.15, 0.2) is 0 Å². The summed E-state index contributed by atoms with van der Waals surface area (Å²) in [5.74, 6) is -0.252. The maximum absolute atomic E-state index is 12.4. The van der Waals surface area contributed by atoms with Crippen molar-refractivity contribution in [2.75, 3.05) is 25.6 Å². The molecule has 0 atom stereocenters. The molecule has 0 aliphatic rings. The minimum absolute atomic E-state index is 0.0245.